The molecule has 0 saturated heterocycles. The van der Waals surface area contributed by atoms with Crippen molar-refractivity contribution >= 4 is 35.3 Å². The molecule has 5 nitrogen and oxygen atoms in total. The van der Waals surface area contributed by atoms with E-state index in [4.69, 9.17) is 18.1 Å². The summed E-state index contributed by atoms with van der Waals surface area (Å²) in [5.41, 5.74) is 3.10. The molecule has 0 unspecified atom stereocenters. The minimum Gasteiger partial charge on any atom is -0.486 e. The first-order valence-corrected chi connectivity index (χ1v) is 20.1. The van der Waals surface area contributed by atoms with Crippen molar-refractivity contribution < 1.29 is 38.2 Å². The number of aryl methyl sites for hydroxylation is 2. The van der Waals surface area contributed by atoms with Gasteiger partial charge < -0.3 is 14.4 Å². The molecule has 1 fully saturated rings. The van der Waals surface area contributed by atoms with E-state index in [-0.39, 0.29) is 76.9 Å². The number of pyridine rings is 3. The number of furan rings is 1. The molecule has 2 aromatic carbocycles. The van der Waals surface area contributed by atoms with E-state index in [1.165, 1.54) is 30.5 Å². The molecule has 0 atom stereocenters. The Kier molecular flexibility index (Phi) is 8.26. The zero-order chi connectivity index (χ0) is 43.3. The fourth-order valence-corrected chi connectivity index (χ4v) is 7.57. The molecule has 0 amide bonds. The van der Waals surface area contributed by atoms with E-state index >= 15 is 0 Å². The second-order valence-electron chi connectivity index (χ2n) is 13.7. The van der Waals surface area contributed by atoms with Crippen LogP contribution in [0.5, 0.6) is 0 Å². The van der Waals surface area contributed by atoms with Gasteiger partial charge in [0, 0.05) is 63.4 Å². The van der Waals surface area contributed by atoms with Crippen molar-refractivity contribution in [2.45, 2.75) is 85.6 Å². The third-order valence-corrected chi connectivity index (χ3v) is 10.6. The van der Waals surface area contributed by atoms with Gasteiger partial charge in [-0.1, -0.05) is 88.0 Å². The molecule has 1 aliphatic carbocycles. The molecule has 1 aliphatic rings. The average Bonchev–Trinajstić information content (AvgIpc) is 3.86. The third kappa shape index (κ3) is 8.32. The first-order valence-electron chi connectivity index (χ1n) is 21.6. The third-order valence-electron chi connectivity index (χ3n) is 8.55. The summed E-state index contributed by atoms with van der Waals surface area (Å²) in [5.74, 6) is -0.374. The molecule has 259 valence electrons. The summed E-state index contributed by atoms with van der Waals surface area (Å²) >= 11 is 0. The summed E-state index contributed by atoms with van der Waals surface area (Å²) < 4.78 is 87.8. The largest absolute Gasteiger partial charge is 0.486 e. The Morgan fingerprint density at radius 1 is 1.02 bits per heavy atom. The standard InChI is InChI=1S/C25H22N3O.C18H24NSi.Ir/c1-15-11-22(27-14-19(15)12-17-5-3-4-6-17)20-10-8-18(13-26)23-21-9-7-16(2)28-25(21)29-24(20)23;1-14(2)11-16-12-17(15-9-7-6-8-10-15)19-13-18(16)20(3,4)5;/h7-9,11,14,17H,3-6,12H2,1-2H3;6-9,12-14H,11H2,1-5H3;/q2*-1;/i1D3,2D3,12D2;11D2;. The Hall–Kier alpha value is -3.95. The first-order chi connectivity index (χ1) is 27.5. The van der Waals surface area contributed by atoms with E-state index in [9.17, 15) is 5.26 Å². The second-order valence-corrected chi connectivity index (χ2v) is 18.8. The van der Waals surface area contributed by atoms with Gasteiger partial charge in [-0.05, 0) is 83.5 Å². The van der Waals surface area contributed by atoms with Crippen LogP contribution in [-0.2, 0) is 32.9 Å². The normalized spacial score (nSPS) is 17.3. The predicted molar refractivity (Wildman–Crippen MR) is 203 cm³/mol. The molecule has 4 heterocycles. The Morgan fingerprint density at radius 2 is 1.82 bits per heavy atom. The van der Waals surface area contributed by atoms with Crippen molar-refractivity contribution in [3.05, 3.63) is 107 Å². The van der Waals surface area contributed by atoms with Gasteiger partial charge in [0.1, 0.15) is 0 Å². The molecule has 7 rings (SSSR count). The summed E-state index contributed by atoms with van der Waals surface area (Å²) in [6.07, 6.45) is 3.12. The van der Waals surface area contributed by atoms with Crippen LogP contribution in [0.15, 0.2) is 71.4 Å². The van der Waals surface area contributed by atoms with Crippen LogP contribution in [-0.4, -0.2) is 23.0 Å². The second kappa shape index (κ2) is 15.9. The molecule has 0 aliphatic heterocycles. The zero-order valence-electron chi connectivity index (χ0n) is 38.9. The van der Waals surface area contributed by atoms with Gasteiger partial charge in [0.25, 0.3) is 0 Å². The topological polar surface area (TPSA) is 75.6 Å². The number of benzene rings is 2. The van der Waals surface area contributed by atoms with Crippen molar-refractivity contribution in [1.29, 1.82) is 5.26 Å². The van der Waals surface area contributed by atoms with Crippen LogP contribution in [0.3, 0.4) is 0 Å². The van der Waals surface area contributed by atoms with Crippen LogP contribution in [0, 0.1) is 49.0 Å². The zero-order valence-corrected chi connectivity index (χ0v) is 32.3. The van der Waals surface area contributed by atoms with Gasteiger partial charge in [0.05, 0.1) is 13.7 Å². The molecule has 1 radical (unpaired) electrons. The molecular weight excluding hydrogens is 809 g/mol. The number of nitriles is 1. The molecule has 0 spiro atoms. The van der Waals surface area contributed by atoms with E-state index in [0.29, 0.717) is 23.6 Å². The average molecular weight is 865 g/mol. The van der Waals surface area contributed by atoms with Gasteiger partial charge in [-0.15, -0.1) is 48.0 Å². The van der Waals surface area contributed by atoms with Crippen molar-refractivity contribution in [3.63, 3.8) is 0 Å². The predicted octanol–water partition coefficient (Wildman–Crippen LogP) is 10.4. The van der Waals surface area contributed by atoms with Gasteiger partial charge in [-0.3, -0.25) is 0 Å². The number of aromatic nitrogens is 3. The van der Waals surface area contributed by atoms with E-state index in [0.717, 1.165) is 34.8 Å². The maximum Gasteiger partial charge on any atom is 0.216 e. The number of fused-ring (bicyclic) bond motifs is 3. The van der Waals surface area contributed by atoms with E-state index < -0.39 is 34.5 Å². The number of hydrogen-bond acceptors (Lipinski definition) is 5. The Balaban J connectivity index is 0.000000255. The Labute approximate surface area is 326 Å². The van der Waals surface area contributed by atoms with Gasteiger partial charge in [0.15, 0.2) is 0 Å². The SMILES string of the molecule is [2H]C([2H])([2H])c1ccc2c(n1)oc1c(-c3cc(C([2H])([2H])[2H])c(C([2H])([2H])C4CCCC4)cn3)[c-]cc(C#N)c12.[2H]C([2H])(c1cc(-c2[c-]cccc2)ncc1[Si](C)(C)C)C(C)C.[Ir]. The summed E-state index contributed by atoms with van der Waals surface area (Å²) in [6, 6.07) is 23.5. The Morgan fingerprint density at radius 3 is 2.50 bits per heavy atom. The van der Waals surface area contributed by atoms with E-state index in [2.05, 4.69) is 52.8 Å². The summed E-state index contributed by atoms with van der Waals surface area (Å²) in [5, 5.41) is 11.6. The van der Waals surface area contributed by atoms with Gasteiger partial charge in [0.2, 0.25) is 5.71 Å². The van der Waals surface area contributed by atoms with Gasteiger partial charge in [-0.25, -0.2) is 10.2 Å². The smallest absolute Gasteiger partial charge is 0.216 e. The molecular formula is C43H46IrN4OSi-2. The van der Waals surface area contributed by atoms with Crippen molar-refractivity contribution in [2.24, 2.45) is 11.8 Å². The van der Waals surface area contributed by atoms with Crippen LogP contribution in [0.4, 0.5) is 0 Å². The van der Waals surface area contributed by atoms with Crippen LogP contribution < -0.4 is 5.19 Å². The summed E-state index contributed by atoms with van der Waals surface area (Å²) in [4.78, 5) is 13.1. The Bertz CT molecular complexity index is 2540. The monoisotopic (exact) mass is 865 g/mol. The van der Waals surface area contributed by atoms with Crippen LogP contribution in [0.2, 0.25) is 19.6 Å². The molecule has 1 saturated carbocycles. The molecule has 7 heteroatoms. The molecule has 0 N–H and O–H groups in total. The minimum atomic E-state index is -2.60. The van der Waals surface area contributed by atoms with Gasteiger partial charge >= 0.3 is 0 Å². The van der Waals surface area contributed by atoms with Gasteiger partial charge in [-0.2, -0.15) is 0 Å². The number of rotatable bonds is 7. The summed E-state index contributed by atoms with van der Waals surface area (Å²) in [6.45, 7) is 5.51. The number of hydrogen-bond donors (Lipinski definition) is 0. The fourth-order valence-electron chi connectivity index (χ4n) is 6.16. The molecule has 4 aromatic heterocycles. The quantitative estimate of drug-likeness (QED) is 0.118. The maximum absolute atomic E-state index is 9.69. The molecule has 6 aromatic rings. The van der Waals surface area contributed by atoms with Crippen molar-refractivity contribution in [2.75, 3.05) is 0 Å². The number of nitrogens with zero attached hydrogens (tertiary/aromatic N) is 4. The van der Waals surface area contributed by atoms with Crippen molar-refractivity contribution in [1.82, 2.24) is 15.0 Å². The molecule has 50 heavy (non-hydrogen) atoms. The van der Waals surface area contributed by atoms with Crippen molar-refractivity contribution in [3.8, 4) is 28.6 Å². The van der Waals surface area contributed by atoms with E-state index in [1.807, 2.05) is 50.4 Å². The minimum absolute atomic E-state index is 0. The maximum atomic E-state index is 9.69. The van der Waals surface area contributed by atoms with E-state index in [1.54, 1.807) is 0 Å². The van der Waals surface area contributed by atoms with Crippen LogP contribution in [0.25, 0.3) is 44.6 Å². The summed E-state index contributed by atoms with van der Waals surface area (Å²) in [7, 11) is -1.67. The van der Waals surface area contributed by atoms with Crippen LogP contribution in [0.1, 0.15) is 81.2 Å². The van der Waals surface area contributed by atoms with Crippen LogP contribution >= 0.6 is 0 Å². The molecule has 0 bridgehead atoms. The fraction of sp³-hybridized carbons (Fsp3) is 0.349. The first kappa shape index (κ1) is 25.9.